The molecule has 0 amide bonds. The molecule has 0 aliphatic carbocycles. The van der Waals surface area contributed by atoms with E-state index in [0.29, 0.717) is 6.04 Å². The molecule has 2 N–H and O–H groups in total. The van der Waals surface area contributed by atoms with E-state index in [1.807, 2.05) is 12.3 Å². The van der Waals surface area contributed by atoms with Crippen LogP contribution in [0.3, 0.4) is 0 Å². The molecule has 0 saturated carbocycles. The highest BCUT2D eigenvalue weighted by Gasteiger charge is 2.21. The lowest BCUT2D eigenvalue weighted by Gasteiger charge is -2.34. The number of piperidine rings is 2. The summed E-state index contributed by atoms with van der Waals surface area (Å²) >= 11 is 0. The molecular formula is C22H39IN6. The molecule has 2 aliphatic rings. The summed E-state index contributed by atoms with van der Waals surface area (Å²) in [6.45, 7) is 12.1. The van der Waals surface area contributed by atoms with E-state index in [1.165, 1.54) is 38.9 Å². The lowest BCUT2D eigenvalue weighted by molar-refractivity contribution is 0.188. The van der Waals surface area contributed by atoms with Gasteiger partial charge in [0.2, 0.25) is 0 Å². The number of pyridine rings is 1. The molecular weight excluding hydrogens is 475 g/mol. The summed E-state index contributed by atoms with van der Waals surface area (Å²) in [4.78, 5) is 14.3. The minimum absolute atomic E-state index is 0. The molecule has 3 heterocycles. The number of likely N-dealkylation sites (tertiary alicyclic amines) is 1. The maximum atomic E-state index is 4.87. The molecule has 1 aromatic heterocycles. The summed E-state index contributed by atoms with van der Waals surface area (Å²) < 4.78 is 0. The van der Waals surface area contributed by atoms with Gasteiger partial charge in [0.1, 0.15) is 5.82 Å². The second-order valence-corrected chi connectivity index (χ2v) is 8.02. The molecule has 164 valence electrons. The monoisotopic (exact) mass is 514 g/mol. The lowest BCUT2D eigenvalue weighted by atomic mass is 9.94. The van der Waals surface area contributed by atoms with Crippen LogP contribution in [-0.2, 0) is 0 Å². The Labute approximate surface area is 194 Å². The second kappa shape index (κ2) is 13.3. The molecule has 0 spiro atoms. The maximum Gasteiger partial charge on any atom is 0.191 e. The van der Waals surface area contributed by atoms with Gasteiger partial charge in [-0.1, -0.05) is 13.0 Å². The van der Waals surface area contributed by atoms with Crippen molar-refractivity contribution in [2.24, 2.45) is 10.9 Å². The van der Waals surface area contributed by atoms with Gasteiger partial charge in [-0.25, -0.2) is 4.98 Å². The maximum absolute atomic E-state index is 4.87. The van der Waals surface area contributed by atoms with Gasteiger partial charge < -0.3 is 20.4 Å². The molecule has 2 saturated heterocycles. The number of hydrogen-bond donors (Lipinski definition) is 2. The minimum atomic E-state index is 0. The summed E-state index contributed by atoms with van der Waals surface area (Å²) in [5.74, 6) is 2.93. The van der Waals surface area contributed by atoms with E-state index in [0.717, 1.165) is 56.7 Å². The van der Waals surface area contributed by atoms with Gasteiger partial charge in [-0.3, -0.25) is 4.99 Å². The number of aliphatic imine (C=N–C) groups is 1. The third-order valence-electron chi connectivity index (χ3n) is 6.11. The van der Waals surface area contributed by atoms with Crippen LogP contribution in [0.5, 0.6) is 0 Å². The van der Waals surface area contributed by atoms with Gasteiger partial charge in [0.05, 0.1) is 0 Å². The molecule has 0 aromatic carbocycles. The third-order valence-corrected chi connectivity index (χ3v) is 6.11. The number of nitrogens with zero attached hydrogens (tertiary/aromatic N) is 4. The molecule has 0 radical (unpaired) electrons. The molecule has 7 heteroatoms. The van der Waals surface area contributed by atoms with E-state index in [9.17, 15) is 0 Å². The van der Waals surface area contributed by atoms with Crippen molar-refractivity contribution >= 4 is 35.8 Å². The Morgan fingerprint density at radius 3 is 2.48 bits per heavy atom. The zero-order valence-corrected chi connectivity index (χ0v) is 20.5. The van der Waals surface area contributed by atoms with Crippen LogP contribution in [0.1, 0.15) is 46.0 Å². The van der Waals surface area contributed by atoms with Crippen LogP contribution in [0.25, 0.3) is 0 Å². The molecule has 1 aromatic rings. The van der Waals surface area contributed by atoms with Crippen LogP contribution in [0.15, 0.2) is 29.4 Å². The van der Waals surface area contributed by atoms with Crippen molar-refractivity contribution in [2.45, 2.75) is 52.0 Å². The number of guanidine groups is 1. The van der Waals surface area contributed by atoms with E-state index >= 15 is 0 Å². The Hall–Kier alpha value is -1.09. The van der Waals surface area contributed by atoms with Crippen molar-refractivity contribution in [3.63, 3.8) is 0 Å². The number of nitrogens with one attached hydrogen (secondary N) is 2. The number of hydrogen-bond acceptors (Lipinski definition) is 4. The van der Waals surface area contributed by atoms with Crippen LogP contribution in [0.2, 0.25) is 0 Å². The molecule has 2 fully saturated rings. The summed E-state index contributed by atoms with van der Waals surface area (Å²) in [6, 6.07) is 6.63. The predicted molar refractivity (Wildman–Crippen MR) is 133 cm³/mol. The van der Waals surface area contributed by atoms with Crippen LogP contribution in [-0.4, -0.2) is 67.7 Å². The van der Waals surface area contributed by atoms with Gasteiger partial charge in [0, 0.05) is 38.4 Å². The molecule has 0 unspecified atom stereocenters. The Bertz CT molecular complexity index is 580. The first-order valence-electron chi connectivity index (χ1n) is 11.2. The van der Waals surface area contributed by atoms with Crippen LogP contribution >= 0.6 is 24.0 Å². The highest BCUT2D eigenvalue weighted by Crippen LogP contribution is 2.20. The van der Waals surface area contributed by atoms with E-state index in [2.05, 4.69) is 51.4 Å². The largest absolute Gasteiger partial charge is 0.357 e. The predicted octanol–water partition coefficient (Wildman–Crippen LogP) is 3.35. The number of rotatable bonds is 7. The molecule has 3 rings (SSSR count). The van der Waals surface area contributed by atoms with Crippen molar-refractivity contribution in [1.29, 1.82) is 0 Å². The normalized spacial score (nSPS) is 19.7. The van der Waals surface area contributed by atoms with Crippen molar-refractivity contribution in [3.8, 4) is 0 Å². The van der Waals surface area contributed by atoms with Gasteiger partial charge in [0.15, 0.2) is 5.96 Å². The Balaban J connectivity index is 0.00000300. The van der Waals surface area contributed by atoms with Gasteiger partial charge in [-0.15, -0.1) is 24.0 Å². The van der Waals surface area contributed by atoms with Gasteiger partial charge >= 0.3 is 0 Å². The Morgan fingerprint density at radius 2 is 1.86 bits per heavy atom. The van der Waals surface area contributed by atoms with E-state index in [-0.39, 0.29) is 24.0 Å². The van der Waals surface area contributed by atoms with E-state index in [1.54, 1.807) is 0 Å². The average molecular weight is 515 g/mol. The zero-order chi connectivity index (χ0) is 19.6. The van der Waals surface area contributed by atoms with Crippen molar-refractivity contribution < 1.29 is 0 Å². The van der Waals surface area contributed by atoms with E-state index in [4.69, 9.17) is 4.99 Å². The molecule has 0 bridgehead atoms. The molecule has 2 aliphatic heterocycles. The number of halogens is 1. The third kappa shape index (κ3) is 7.92. The fourth-order valence-corrected chi connectivity index (χ4v) is 4.26. The first kappa shape index (κ1) is 24.2. The fourth-order valence-electron chi connectivity index (χ4n) is 4.26. The standard InChI is InChI=1S/C22H38N6.HI/c1-3-23-22(25-14-8-19-9-15-27(4-2)16-10-19)26-20-11-17-28(18-12-20)21-7-5-6-13-24-21;/h5-7,13,19-20H,3-4,8-12,14-18H2,1-2H3,(H2,23,25,26);1H. The van der Waals surface area contributed by atoms with Crippen LogP contribution in [0.4, 0.5) is 5.82 Å². The lowest BCUT2D eigenvalue weighted by Crippen LogP contribution is -2.49. The van der Waals surface area contributed by atoms with Crippen molar-refractivity contribution in [2.75, 3.05) is 50.7 Å². The highest BCUT2D eigenvalue weighted by atomic mass is 127. The first-order valence-corrected chi connectivity index (χ1v) is 11.2. The minimum Gasteiger partial charge on any atom is -0.357 e. The van der Waals surface area contributed by atoms with Gasteiger partial charge in [0.25, 0.3) is 0 Å². The zero-order valence-electron chi connectivity index (χ0n) is 18.1. The van der Waals surface area contributed by atoms with Crippen molar-refractivity contribution in [3.05, 3.63) is 24.4 Å². The summed E-state index contributed by atoms with van der Waals surface area (Å²) in [6.07, 6.45) is 8.00. The van der Waals surface area contributed by atoms with Crippen molar-refractivity contribution in [1.82, 2.24) is 20.5 Å². The number of aromatic nitrogens is 1. The van der Waals surface area contributed by atoms with Crippen LogP contribution < -0.4 is 15.5 Å². The molecule has 6 nitrogen and oxygen atoms in total. The quantitative estimate of drug-likeness (QED) is 0.332. The highest BCUT2D eigenvalue weighted by molar-refractivity contribution is 14.0. The molecule has 29 heavy (non-hydrogen) atoms. The average Bonchev–Trinajstić information content (AvgIpc) is 2.75. The van der Waals surface area contributed by atoms with Crippen LogP contribution in [0, 0.1) is 5.92 Å². The number of anilines is 1. The Kier molecular flexibility index (Phi) is 11.1. The summed E-state index contributed by atoms with van der Waals surface area (Å²) in [7, 11) is 0. The smallest absolute Gasteiger partial charge is 0.191 e. The Morgan fingerprint density at radius 1 is 1.10 bits per heavy atom. The van der Waals surface area contributed by atoms with E-state index < -0.39 is 0 Å². The van der Waals surface area contributed by atoms with Gasteiger partial charge in [-0.05, 0) is 76.7 Å². The topological polar surface area (TPSA) is 55.8 Å². The molecule has 0 atom stereocenters. The summed E-state index contributed by atoms with van der Waals surface area (Å²) in [5.41, 5.74) is 0. The fraction of sp³-hybridized carbons (Fsp3) is 0.727. The second-order valence-electron chi connectivity index (χ2n) is 8.02. The first-order chi connectivity index (χ1) is 13.8. The SMILES string of the molecule is CCNC(=NCCC1CCN(CC)CC1)NC1CCN(c2ccccn2)CC1.I. The summed E-state index contributed by atoms with van der Waals surface area (Å²) in [5, 5.41) is 7.10. The van der Waals surface area contributed by atoms with Gasteiger partial charge in [-0.2, -0.15) is 0 Å².